The van der Waals surface area contributed by atoms with Crippen molar-refractivity contribution in [2.24, 2.45) is 0 Å². The van der Waals surface area contributed by atoms with Gasteiger partial charge in [-0.25, -0.2) is 4.79 Å². The van der Waals surface area contributed by atoms with E-state index in [2.05, 4.69) is 24.0 Å². The number of hydrogen-bond acceptors (Lipinski definition) is 3. The zero-order valence-corrected chi connectivity index (χ0v) is 15.1. The summed E-state index contributed by atoms with van der Waals surface area (Å²) in [4.78, 5) is 13.2. The Bertz CT molecular complexity index is 684. The molecule has 0 saturated heterocycles. The molecule has 2 atom stereocenters. The molecule has 132 valence electrons. The summed E-state index contributed by atoms with van der Waals surface area (Å²) in [6.45, 7) is 5.99. The van der Waals surface area contributed by atoms with E-state index < -0.39 is 0 Å². The minimum Gasteiger partial charge on any atom is -0.442 e. The molecule has 0 aliphatic carbocycles. The zero-order valence-electron chi connectivity index (χ0n) is 15.1. The van der Waals surface area contributed by atoms with Gasteiger partial charge in [-0.1, -0.05) is 55.1 Å². The number of nitrogens with zero attached hydrogens (tertiary/aromatic N) is 1. The maximum absolute atomic E-state index is 11.8. The fraction of sp³-hybridized carbons (Fsp3) is 0.286. The molecule has 0 spiro atoms. The Balaban J connectivity index is 2.10. The predicted molar refractivity (Wildman–Crippen MR) is 103 cm³/mol. The highest BCUT2D eigenvalue weighted by molar-refractivity contribution is 5.67. The third-order valence-corrected chi connectivity index (χ3v) is 4.00. The van der Waals surface area contributed by atoms with Crippen LogP contribution in [0.5, 0.6) is 0 Å². The fourth-order valence-electron chi connectivity index (χ4n) is 2.44. The summed E-state index contributed by atoms with van der Waals surface area (Å²) >= 11 is 0. The second kappa shape index (κ2) is 8.92. The second-order valence-corrected chi connectivity index (χ2v) is 6.26. The lowest BCUT2D eigenvalue weighted by atomic mass is 9.97. The number of para-hydroxylation sites is 1. The molecule has 25 heavy (non-hydrogen) atoms. The fourth-order valence-corrected chi connectivity index (χ4v) is 2.44. The van der Waals surface area contributed by atoms with Crippen LogP contribution in [0.2, 0.25) is 0 Å². The van der Waals surface area contributed by atoms with Crippen LogP contribution in [0.3, 0.4) is 0 Å². The van der Waals surface area contributed by atoms with Crippen molar-refractivity contribution in [1.29, 1.82) is 0 Å². The van der Waals surface area contributed by atoms with E-state index in [-0.39, 0.29) is 18.2 Å². The van der Waals surface area contributed by atoms with E-state index in [0.29, 0.717) is 6.42 Å². The molecule has 4 heteroatoms. The molecule has 0 aliphatic heterocycles. The van der Waals surface area contributed by atoms with Gasteiger partial charge in [0.1, 0.15) is 6.10 Å². The lowest BCUT2D eigenvalue weighted by Crippen LogP contribution is -2.28. The Morgan fingerprint density at radius 3 is 2.20 bits per heavy atom. The molecule has 2 aromatic carbocycles. The van der Waals surface area contributed by atoms with E-state index in [0.717, 1.165) is 11.3 Å². The van der Waals surface area contributed by atoms with Gasteiger partial charge >= 0.3 is 6.09 Å². The van der Waals surface area contributed by atoms with Gasteiger partial charge in [-0.05, 0) is 36.6 Å². The van der Waals surface area contributed by atoms with Crippen LogP contribution >= 0.6 is 0 Å². The Hall–Kier alpha value is -2.75. The molecule has 0 radical (unpaired) electrons. The van der Waals surface area contributed by atoms with Crippen LogP contribution in [0.25, 0.3) is 0 Å². The first kappa shape index (κ1) is 18.6. The molecule has 0 saturated carbocycles. The lowest BCUT2D eigenvalue weighted by molar-refractivity contribution is 0.0951. The van der Waals surface area contributed by atoms with E-state index in [1.165, 1.54) is 10.5 Å². The van der Waals surface area contributed by atoms with Gasteiger partial charge in [0, 0.05) is 19.8 Å². The summed E-state index contributed by atoms with van der Waals surface area (Å²) in [5, 5.41) is 3.55. The van der Waals surface area contributed by atoms with Gasteiger partial charge in [-0.2, -0.15) is 0 Å². The third kappa shape index (κ3) is 5.68. The number of benzene rings is 2. The average molecular weight is 338 g/mol. The third-order valence-electron chi connectivity index (χ3n) is 4.00. The van der Waals surface area contributed by atoms with Crippen molar-refractivity contribution in [3.63, 3.8) is 0 Å². The monoisotopic (exact) mass is 338 g/mol. The molecule has 1 amide bonds. The highest BCUT2D eigenvalue weighted by Gasteiger charge is 2.19. The summed E-state index contributed by atoms with van der Waals surface area (Å²) in [5.74, 6) is 0. The summed E-state index contributed by atoms with van der Waals surface area (Å²) in [6.07, 6.45) is -0.0412. The maximum Gasteiger partial charge on any atom is 0.409 e. The molecule has 0 heterocycles. The Morgan fingerprint density at radius 2 is 1.64 bits per heavy atom. The highest BCUT2D eigenvalue weighted by Crippen LogP contribution is 2.27. The minimum atomic E-state index is -0.360. The molecular formula is C21H26N2O2. The number of carbonyl (C=O) groups excluding carboxylic acids is 1. The molecule has 0 bridgehead atoms. The van der Waals surface area contributed by atoms with Gasteiger partial charge in [-0.3, -0.25) is 0 Å². The molecular weight excluding hydrogens is 312 g/mol. The number of ether oxygens (including phenoxy) is 1. The normalized spacial score (nSPS) is 12.8. The van der Waals surface area contributed by atoms with Crippen molar-refractivity contribution in [1.82, 2.24) is 4.90 Å². The first-order valence-electron chi connectivity index (χ1n) is 8.39. The van der Waals surface area contributed by atoms with Crippen molar-refractivity contribution in [3.05, 3.63) is 78.4 Å². The second-order valence-electron chi connectivity index (χ2n) is 6.26. The van der Waals surface area contributed by atoms with Crippen LogP contribution in [0.4, 0.5) is 10.5 Å². The summed E-state index contributed by atoms with van der Waals surface area (Å²) < 4.78 is 5.42. The topological polar surface area (TPSA) is 41.6 Å². The quantitative estimate of drug-likeness (QED) is 0.732. The van der Waals surface area contributed by atoms with Gasteiger partial charge in [0.25, 0.3) is 0 Å². The standard InChI is InChI=1S/C21H26N2O2/c1-16(17(2)25-21(24)23(3)4)15-20(18-11-7-5-8-12-18)22-19-13-9-6-10-14-19/h5-14,17,20,22H,1,15H2,2-4H3/t17-,20+/m1/s1. The van der Waals surface area contributed by atoms with Crippen LogP contribution in [0, 0.1) is 0 Å². The molecule has 4 nitrogen and oxygen atoms in total. The average Bonchev–Trinajstić information content (AvgIpc) is 2.62. The molecule has 2 aromatic rings. The van der Waals surface area contributed by atoms with Crippen LogP contribution in [0.15, 0.2) is 72.8 Å². The van der Waals surface area contributed by atoms with Crippen molar-refractivity contribution in [2.45, 2.75) is 25.5 Å². The van der Waals surface area contributed by atoms with Crippen molar-refractivity contribution in [3.8, 4) is 0 Å². The number of rotatable bonds is 7. The maximum atomic E-state index is 11.8. The van der Waals surface area contributed by atoms with E-state index in [1.807, 2.05) is 55.5 Å². The SMILES string of the molecule is C=C(C[C@H](Nc1ccccc1)c1ccccc1)[C@@H](C)OC(=O)N(C)C. The number of nitrogens with one attached hydrogen (secondary N) is 1. The van der Waals surface area contributed by atoms with Crippen LogP contribution in [0.1, 0.15) is 24.9 Å². The predicted octanol–water partition coefficient (Wildman–Crippen LogP) is 4.87. The molecule has 2 rings (SSSR count). The van der Waals surface area contributed by atoms with E-state index in [1.54, 1.807) is 14.1 Å². The summed E-state index contributed by atoms with van der Waals surface area (Å²) in [5.41, 5.74) is 3.08. The van der Waals surface area contributed by atoms with Gasteiger partial charge in [0.05, 0.1) is 6.04 Å². The van der Waals surface area contributed by atoms with Crippen molar-refractivity contribution < 1.29 is 9.53 Å². The summed E-state index contributed by atoms with van der Waals surface area (Å²) in [6, 6.07) is 20.3. The van der Waals surface area contributed by atoms with E-state index in [9.17, 15) is 4.79 Å². The van der Waals surface area contributed by atoms with Gasteiger partial charge in [0.2, 0.25) is 0 Å². The number of hydrogen-bond donors (Lipinski definition) is 1. The largest absolute Gasteiger partial charge is 0.442 e. The molecule has 1 N–H and O–H groups in total. The highest BCUT2D eigenvalue weighted by atomic mass is 16.6. The Kier molecular flexibility index (Phi) is 6.63. The van der Waals surface area contributed by atoms with Gasteiger partial charge in [-0.15, -0.1) is 0 Å². The van der Waals surface area contributed by atoms with Crippen molar-refractivity contribution >= 4 is 11.8 Å². The van der Waals surface area contributed by atoms with Gasteiger partial charge < -0.3 is 15.0 Å². The van der Waals surface area contributed by atoms with Crippen LogP contribution in [-0.2, 0) is 4.74 Å². The summed E-state index contributed by atoms with van der Waals surface area (Å²) in [7, 11) is 3.34. The Morgan fingerprint density at radius 1 is 1.08 bits per heavy atom. The number of carbonyl (C=O) groups is 1. The number of anilines is 1. The van der Waals surface area contributed by atoms with Crippen LogP contribution in [-0.4, -0.2) is 31.2 Å². The smallest absolute Gasteiger partial charge is 0.409 e. The van der Waals surface area contributed by atoms with E-state index >= 15 is 0 Å². The minimum absolute atomic E-state index is 0.0524. The first-order chi connectivity index (χ1) is 12.0. The number of amides is 1. The molecule has 0 fully saturated rings. The van der Waals surface area contributed by atoms with Crippen LogP contribution < -0.4 is 5.32 Å². The van der Waals surface area contributed by atoms with Gasteiger partial charge in [0.15, 0.2) is 0 Å². The van der Waals surface area contributed by atoms with Crippen molar-refractivity contribution in [2.75, 3.05) is 19.4 Å². The zero-order chi connectivity index (χ0) is 18.2. The lowest BCUT2D eigenvalue weighted by Gasteiger charge is -2.25. The molecule has 0 aliphatic rings. The first-order valence-corrected chi connectivity index (χ1v) is 8.39. The van der Waals surface area contributed by atoms with E-state index in [4.69, 9.17) is 4.74 Å². The molecule has 0 aromatic heterocycles. The molecule has 0 unspecified atom stereocenters. The Labute approximate surface area is 150 Å².